The number of nitro benzene ring substituents is 1. The third-order valence-corrected chi connectivity index (χ3v) is 6.69. The number of non-ortho nitro benzene ring substituents is 1. The molecular formula is C19H17N5O3S2. The van der Waals surface area contributed by atoms with E-state index in [0.717, 1.165) is 16.8 Å². The van der Waals surface area contributed by atoms with Crippen LogP contribution in [-0.4, -0.2) is 40.9 Å². The lowest BCUT2D eigenvalue weighted by Gasteiger charge is -2.22. The van der Waals surface area contributed by atoms with Crippen molar-refractivity contribution in [3.8, 4) is 10.6 Å². The van der Waals surface area contributed by atoms with Crippen LogP contribution in [0.2, 0.25) is 0 Å². The largest absolute Gasteiger partial charge is 0.378 e. The van der Waals surface area contributed by atoms with Crippen molar-refractivity contribution < 1.29 is 9.72 Å². The minimum Gasteiger partial charge on any atom is -0.378 e. The van der Waals surface area contributed by atoms with E-state index in [1.54, 1.807) is 28.8 Å². The summed E-state index contributed by atoms with van der Waals surface area (Å²) in [5, 5.41) is 20.2. The molecule has 1 amide bonds. The quantitative estimate of drug-likeness (QED) is 0.449. The summed E-state index contributed by atoms with van der Waals surface area (Å²) in [4.78, 5) is 26.6. The molecular weight excluding hydrogens is 410 g/mol. The molecule has 1 fully saturated rings. The van der Waals surface area contributed by atoms with E-state index in [2.05, 4.69) is 10.2 Å². The van der Waals surface area contributed by atoms with Gasteiger partial charge in [0.25, 0.3) is 5.69 Å². The van der Waals surface area contributed by atoms with Crippen LogP contribution in [0.3, 0.4) is 0 Å². The molecule has 2 heterocycles. The smallest absolute Gasteiger partial charge is 0.269 e. The fraction of sp³-hybridized carbons (Fsp3) is 0.211. The second kappa shape index (κ2) is 7.80. The number of benzene rings is 2. The molecule has 4 rings (SSSR count). The summed E-state index contributed by atoms with van der Waals surface area (Å²) in [6.07, 6.45) is 0. The van der Waals surface area contributed by atoms with Crippen molar-refractivity contribution in [2.75, 3.05) is 29.6 Å². The molecule has 1 saturated heterocycles. The van der Waals surface area contributed by atoms with E-state index in [1.165, 1.54) is 23.5 Å². The number of rotatable bonds is 5. The molecule has 10 heteroatoms. The molecule has 2 aromatic carbocycles. The molecule has 1 atom stereocenters. The summed E-state index contributed by atoms with van der Waals surface area (Å²) >= 11 is 2.86. The number of carbonyl (C=O) groups is 1. The Labute approximate surface area is 175 Å². The zero-order chi connectivity index (χ0) is 20.5. The van der Waals surface area contributed by atoms with Gasteiger partial charge in [-0.3, -0.25) is 19.8 Å². The van der Waals surface area contributed by atoms with Gasteiger partial charge < -0.3 is 4.90 Å². The van der Waals surface area contributed by atoms with Gasteiger partial charge in [0.05, 0.1) is 10.7 Å². The molecule has 1 aliphatic rings. The standard InChI is InChI=1S/C19H17N5O3S2/c1-22(2)14-7-5-13(6-8-14)18-23(16(25)11-28-18)19-21-20-17(29-19)12-3-9-15(10-4-12)24(26)27/h3-10,18H,11H2,1-2H3. The van der Waals surface area contributed by atoms with Crippen LogP contribution in [0.5, 0.6) is 0 Å². The molecule has 0 spiro atoms. The lowest BCUT2D eigenvalue weighted by molar-refractivity contribution is -0.384. The lowest BCUT2D eigenvalue weighted by atomic mass is 10.2. The molecule has 0 saturated carbocycles. The summed E-state index contributed by atoms with van der Waals surface area (Å²) < 4.78 is 0. The molecule has 0 radical (unpaired) electrons. The SMILES string of the molecule is CN(C)c1ccc(C2SCC(=O)N2c2nnc(-c3ccc([N+](=O)[O-])cc3)s2)cc1. The normalized spacial score (nSPS) is 16.3. The second-order valence-electron chi connectivity index (χ2n) is 6.61. The van der Waals surface area contributed by atoms with Crippen molar-refractivity contribution in [3.63, 3.8) is 0 Å². The van der Waals surface area contributed by atoms with Crippen LogP contribution < -0.4 is 9.80 Å². The van der Waals surface area contributed by atoms with Crippen LogP contribution in [-0.2, 0) is 4.79 Å². The molecule has 3 aromatic rings. The number of anilines is 2. The first kappa shape index (κ1) is 19.3. The van der Waals surface area contributed by atoms with Gasteiger partial charge in [-0.2, -0.15) is 0 Å². The van der Waals surface area contributed by atoms with Crippen LogP contribution >= 0.6 is 23.1 Å². The number of hydrogen-bond acceptors (Lipinski definition) is 8. The molecule has 8 nitrogen and oxygen atoms in total. The molecule has 29 heavy (non-hydrogen) atoms. The van der Waals surface area contributed by atoms with Gasteiger partial charge in [0.15, 0.2) is 0 Å². The van der Waals surface area contributed by atoms with Gasteiger partial charge >= 0.3 is 0 Å². The fourth-order valence-electron chi connectivity index (χ4n) is 2.97. The minimum absolute atomic E-state index is 0.0110. The van der Waals surface area contributed by atoms with Crippen LogP contribution in [0.1, 0.15) is 10.9 Å². The Morgan fingerprint density at radius 2 is 1.79 bits per heavy atom. The number of thioether (sulfide) groups is 1. The maximum Gasteiger partial charge on any atom is 0.269 e. The molecule has 0 aliphatic carbocycles. The van der Waals surface area contributed by atoms with E-state index < -0.39 is 4.92 Å². The van der Waals surface area contributed by atoms with Gasteiger partial charge in [-0.15, -0.1) is 22.0 Å². The van der Waals surface area contributed by atoms with Gasteiger partial charge in [0.1, 0.15) is 10.4 Å². The number of nitrogens with zero attached hydrogens (tertiary/aromatic N) is 5. The predicted octanol–water partition coefficient (Wildman–Crippen LogP) is 3.96. The van der Waals surface area contributed by atoms with Crippen LogP contribution in [0.15, 0.2) is 48.5 Å². The lowest BCUT2D eigenvalue weighted by Crippen LogP contribution is -2.27. The van der Waals surface area contributed by atoms with Gasteiger partial charge in [-0.05, 0) is 29.8 Å². The Balaban J connectivity index is 1.61. The van der Waals surface area contributed by atoms with Crippen molar-refractivity contribution in [2.45, 2.75) is 5.37 Å². The van der Waals surface area contributed by atoms with Crippen LogP contribution in [0, 0.1) is 10.1 Å². The summed E-state index contributed by atoms with van der Waals surface area (Å²) in [6.45, 7) is 0. The van der Waals surface area contributed by atoms with Gasteiger partial charge in [0, 0.05) is 37.5 Å². The van der Waals surface area contributed by atoms with E-state index in [4.69, 9.17) is 0 Å². The molecule has 1 unspecified atom stereocenters. The van der Waals surface area contributed by atoms with E-state index in [-0.39, 0.29) is 17.0 Å². The first-order valence-corrected chi connectivity index (χ1v) is 10.6. The average molecular weight is 428 g/mol. The van der Waals surface area contributed by atoms with Gasteiger partial charge in [-0.25, -0.2) is 0 Å². The predicted molar refractivity (Wildman–Crippen MR) is 115 cm³/mol. The Morgan fingerprint density at radius 1 is 1.10 bits per heavy atom. The highest BCUT2D eigenvalue weighted by atomic mass is 32.2. The summed E-state index contributed by atoms with van der Waals surface area (Å²) in [5.74, 6) is 0.370. The fourth-order valence-corrected chi connectivity index (χ4v) is 5.09. The Morgan fingerprint density at radius 3 is 2.41 bits per heavy atom. The number of carbonyl (C=O) groups excluding carboxylic acids is 1. The zero-order valence-electron chi connectivity index (χ0n) is 15.7. The molecule has 148 valence electrons. The number of aromatic nitrogens is 2. The highest BCUT2D eigenvalue weighted by molar-refractivity contribution is 8.00. The summed E-state index contributed by atoms with van der Waals surface area (Å²) in [5.41, 5.74) is 2.86. The maximum atomic E-state index is 12.6. The molecule has 1 aromatic heterocycles. The molecule has 0 bridgehead atoms. The first-order valence-electron chi connectivity index (χ1n) is 8.73. The van der Waals surface area contributed by atoms with Crippen molar-refractivity contribution in [1.29, 1.82) is 0 Å². The minimum atomic E-state index is -0.443. The highest BCUT2D eigenvalue weighted by Gasteiger charge is 2.36. The van der Waals surface area contributed by atoms with Crippen LogP contribution in [0.25, 0.3) is 10.6 Å². The Hall–Kier alpha value is -2.98. The Bertz CT molecular complexity index is 1050. The second-order valence-corrected chi connectivity index (χ2v) is 8.63. The van der Waals surface area contributed by atoms with Crippen molar-refractivity contribution in [1.82, 2.24) is 10.2 Å². The highest BCUT2D eigenvalue weighted by Crippen LogP contribution is 2.44. The Kier molecular flexibility index (Phi) is 5.20. The van der Waals surface area contributed by atoms with Gasteiger partial charge in [-0.1, -0.05) is 23.5 Å². The number of hydrogen-bond donors (Lipinski definition) is 0. The maximum absolute atomic E-state index is 12.6. The molecule has 0 N–H and O–H groups in total. The first-order chi connectivity index (χ1) is 13.9. The zero-order valence-corrected chi connectivity index (χ0v) is 17.3. The summed E-state index contributed by atoms with van der Waals surface area (Å²) in [7, 11) is 3.96. The van der Waals surface area contributed by atoms with Crippen molar-refractivity contribution in [2.24, 2.45) is 0 Å². The summed E-state index contributed by atoms with van der Waals surface area (Å²) in [6, 6.07) is 14.2. The van der Waals surface area contributed by atoms with Crippen molar-refractivity contribution in [3.05, 3.63) is 64.2 Å². The topological polar surface area (TPSA) is 92.5 Å². The number of nitro groups is 1. The van der Waals surface area contributed by atoms with Crippen molar-refractivity contribution >= 4 is 45.5 Å². The van der Waals surface area contributed by atoms with Gasteiger partial charge in [0.2, 0.25) is 11.0 Å². The number of amides is 1. The monoisotopic (exact) mass is 427 g/mol. The third-order valence-electron chi connectivity index (χ3n) is 4.51. The third kappa shape index (κ3) is 3.81. The average Bonchev–Trinajstić information content (AvgIpc) is 3.34. The molecule has 1 aliphatic heterocycles. The van der Waals surface area contributed by atoms with E-state index in [1.807, 2.05) is 43.3 Å². The van der Waals surface area contributed by atoms with E-state index in [0.29, 0.717) is 15.9 Å². The van der Waals surface area contributed by atoms with E-state index >= 15 is 0 Å². The van der Waals surface area contributed by atoms with E-state index in [9.17, 15) is 14.9 Å². The van der Waals surface area contributed by atoms with Crippen LogP contribution in [0.4, 0.5) is 16.5 Å².